The first-order valence-electron chi connectivity index (χ1n) is 7.28. The third-order valence-electron chi connectivity index (χ3n) is 3.76. The normalized spacial score (nSPS) is 10.3. The number of carbonyl (C=O) groups is 1. The van der Waals surface area contributed by atoms with Crippen molar-refractivity contribution >= 4 is 5.78 Å². The Labute approximate surface area is 134 Å². The summed E-state index contributed by atoms with van der Waals surface area (Å²) >= 11 is 0. The summed E-state index contributed by atoms with van der Waals surface area (Å²) in [5.74, 6) is -0.0240. The van der Waals surface area contributed by atoms with Crippen molar-refractivity contribution in [1.29, 1.82) is 5.26 Å². The summed E-state index contributed by atoms with van der Waals surface area (Å²) in [5, 5.41) is 13.6. The zero-order valence-corrected chi connectivity index (χ0v) is 12.9. The molecular weight excluding hydrogens is 286 g/mol. The standard InChI is InChI=1S/C19H15N3O/c1-13-18(14(2)23)19(16-10-8-15(12-20)9-11-16)21-22(13)17-6-4-3-5-7-17/h3-11H,1-2H3. The molecule has 0 aliphatic heterocycles. The van der Waals surface area contributed by atoms with E-state index in [-0.39, 0.29) is 5.78 Å². The van der Waals surface area contributed by atoms with E-state index in [4.69, 9.17) is 5.26 Å². The van der Waals surface area contributed by atoms with E-state index in [9.17, 15) is 4.79 Å². The number of ketones is 1. The molecule has 0 amide bonds. The summed E-state index contributed by atoms with van der Waals surface area (Å²) in [5.41, 5.74) is 4.38. The van der Waals surface area contributed by atoms with Crippen LogP contribution in [0.5, 0.6) is 0 Å². The van der Waals surface area contributed by atoms with Crippen LogP contribution in [0.1, 0.15) is 28.5 Å². The second-order valence-corrected chi connectivity index (χ2v) is 5.30. The van der Waals surface area contributed by atoms with Gasteiger partial charge in [0.05, 0.1) is 28.6 Å². The number of hydrogen-bond donors (Lipinski definition) is 0. The number of benzene rings is 2. The molecule has 112 valence electrons. The molecule has 0 bridgehead atoms. The molecule has 0 fully saturated rings. The first kappa shape index (κ1) is 14.7. The van der Waals surface area contributed by atoms with Gasteiger partial charge in [0.2, 0.25) is 0 Å². The molecule has 2 aromatic carbocycles. The van der Waals surface area contributed by atoms with Gasteiger partial charge in [0, 0.05) is 5.56 Å². The molecule has 0 spiro atoms. The third-order valence-corrected chi connectivity index (χ3v) is 3.76. The molecule has 3 rings (SSSR count). The van der Waals surface area contributed by atoms with Gasteiger partial charge in [0.25, 0.3) is 0 Å². The van der Waals surface area contributed by atoms with Crippen LogP contribution < -0.4 is 0 Å². The number of nitrogens with zero attached hydrogens (tertiary/aromatic N) is 3. The van der Waals surface area contributed by atoms with Crippen LogP contribution in [0.4, 0.5) is 0 Å². The highest BCUT2D eigenvalue weighted by Crippen LogP contribution is 2.27. The number of rotatable bonds is 3. The Bertz CT molecular complexity index is 900. The second kappa shape index (κ2) is 5.90. The Morgan fingerprint density at radius 2 is 1.74 bits per heavy atom. The van der Waals surface area contributed by atoms with Gasteiger partial charge in [0.1, 0.15) is 5.69 Å². The van der Waals surface area contributed by atoms with Gasteiger partial charge >= 0.3 is 0 Å². The molecule has 0 atom stereocenters. The largest absolute Gasteiger partial charge is 0.294 e. The lowest BCUT2D eigenvalue weighted by Crippen LogP contribution is -2.00. The summed E-state index contributed by atoms with van der Waals surface area (Å²) in [6, 6.07) is 18.9. The lowest BCUT2D eigenvalue weighted by molar-refractivity contribution is 0.101. The van der Waals surface area contributed by atoms with Crippen molar-refractivity contribution in [1.82, 2.24) is 9.78 Å². The average molecular weight is 301 g/mol. The minimum atomic E-state index is -0.0240. The Morgan fingerprint density at radius 3 is 2.30 bits per heavy atom. The van der Waals surface area contributed by atoms with Crippen LogP contribution in [0.2, 0.25) is 0 Å². The lowest BCUT2D eigenvalue weighted by Gasteiger charge is -2.03. The maximum Gasteiger partial charge on any atom is 0.163 e. The van der Waals surface area contributed by atoms with Crippen LogP contribution in [0.15, 0.2) is 54.6 Å². The Balaban J connectivity index is 2.20. The predicted octanol–water partition coefficient (Wildman–Crippen LogP) is 3.92. The van der Waals surface area contributed by atoms with Crippen LogP contribution in [-0.4, -0.2) is 15.6 Å². The van der Waals surface area contributed by atoms with E-state index < -0.39 is 0 Å². The van der Waals surface area contributed by atoms with Gasteiger partial charge in [0.15, 0.2) is 5.78 Å². The van der Waals surface area contributed by atoms with Crippen LogP contribution in [0, 0.1) is 18.3 Å². The fourth-order valence-corrected chi connectivity index (χ4v) is 2.65. The summed E-state index contributed by atoms with van der Waals surface area (Å²) in [4.78, 5) is 12.1. The van der Waals surface area contributed by atoms with Crippen molar-refractivity contribution in [3.8, 4) is 23.0 Å². The Morgan fingerprint density at radius 1 is 1.09 bits per heavy atom. The Hall–Kier alpha value is -3.19. The molecule has 3 aromatic rings. The SMILES string of the molecule is CC(=O)c1c(-c2ccc(C#N)cc2)nn(-c2ccccc2)c1C. The quantitative estimate of drug-likeness (QED) is 0.689. The third kappa shape index (κ3) is 2.65. The lowest BCUT2D eigenvalue weighted by atomic mass is 10.0. The van der Waals surface area contributed by atoms with Crippen molar-refractivity contribution in [3.05, 3.63) is 71.4 Å². The molecule has 1 heterocycles. The van der Waals surface area contributed by atoms with Gasteiger partial charge in [-0.2, -0.15) is 10.4 Å². The van der Waals surface area contributed by atoms with Crippen LogP contribution >= 0.6 is 0 Å². The second-order valence-electron chi connectivity index (χ2n) is 5.30. The Kier molecular flexibility index (Phi) is 3.78. The number of carbonyl (C=O) groups excluding carboxylic acids is 1. The molecule has 23 heavy (non-hydrogen) atoms. The molecule has 0 saturated heterocycles. The fourth-order valence-electron chi connectivity index (χ4n) is 2.65. The smallest absolute Gasteiger partial charge is 0.163 e. The van der Waals surface area contributed by atoms with E-state index in [1.165, 1.54) is 0 Å². The highest BCUT2D eigenvalue weighted by molar-refractivity contribution is 6.01. The predicted molar refractivity (Wildman–Crippen MR) is 88.5 cm³/mol. The van der Waals surface area contributed by atoms with Gasteiger partial charge in [-0.15, -0.1) is 0 Å². The van der Waals surface area contributed by atoms with Crippen LogP contribution in [-0.2, 0) is 0 Å². The van der Waals surface area contributed by atoms with E-state index in [0.29, 0.717) is 16.8 Å². The fraction of sp³-hybridized carbons (Fsp3) is 0.105. The maximum absolute atomic E-state index is 12.1. The molecule has 4 heteroatoms. The van der Waals surface area contributed by atoms with Crippen molar-refractivity contribution in [2.45, 2.75) is 13.8 Å². The van der Waals surface area contributed by atoms with Gasteiger partial charge in [-0.05, 0) is 38.1 Å². The molecule has 0 radical (unpaired) electrons. The van der Waals surface area contributed by atoms with Gasteiger partial charge in [-0.25, -0.2) is 4.68 Å². The maximum atomic E-state index is 12.1. The number of para-hydroxylation sites is 1. The van der Waals surface area contributed by atoms with Crippen LogP contribution in [0.25, 0.3) is 16.9 Å². The molecule has 0 N–H and O–H groups in total. The molecule has 0 unspecified atom stereocenters. The van der Waals surface area contributed by atoms with Crippen LogP contribution in [0.3, 0.4) is 0 Å². The first-order chi connectivity index (χ1) is 11.1. The monoisotopic (exact) mass is 301 g/mol. The van der Waals surface area contributed by atoms with E-state index in [0.717, 1.165) is 16.9 Å². The molecule has 0 saturated carbocycles. The minimum absolute atomic E-state index is 0.0240. The molecule has 0 aliphatic carbocycles. The number of Topliss-reactive ketones (excluding diaryl/α,β-unsaturated/α-hetero) is 1. The van der Waals surface area contributed by atoms with Gasteiger partial charge in [-0.1, -0.05) is 30.3 Å². The first-order valence-corrected chi connectivity index (χ1v) is 7.28. The van der Waals surface area contributed by atoms with Crippen molar-refractivity contribution < 1.29 is 4.79 Å². The summed E-state index contributed by atoms with van der Waals surface area (Å²) in [6.45, 7) is 3.44. The van der Waals surface area contributed by atoms with E-state index in [2.05, 4.69) is 11.2 Å². The molecular formula is C19H15N3O. The molecule has 1 aromatic heterocycles. The summed E-state index contributed by atoms with van der Waals surface area (Å²) < 4.78 is 1.78. The highest BCUT2D eigenvalue weighted by Gasteiger charge is 2.20. The number of nitriles is 1. The topological polar surface area (TPSA) is 58.7 Å². The van der Waals surface area contributed by atoms with Crippen molar-refractivity contribution in [2.24, 2.45) is 0 Å². The van der Waals surface area contributed by atoms with Crippen molar-refractivity contribution in [3.63, 3.8) is 0 Å². The number of aromatic nitrogens is 2. The molecule has 0 aliphatic rings. The highest BCUT2D eigenvalue weighted by atomic mass is 16.1. The van der Waals surface area contributed by atoms with Gasteiger partial charge in [-0.3, -0.25) is 4.79 Å². The number of hydrogen-bond acceptors (Lipinski definition) is 3. The minimum Gasteiger partial charge on any atom is -0.294 e. The van der Waals surface area contributed by atoms with Crippen molar-refractivity contribution in [2.75, 3.05) is 0 Å². The molecule has 4 nitrogen and oxygen atoms in total. The van der Waals surface area contributed by atoms with E-state index in [1.54, 1.807) is 23.7 Å². The van der Waals surface area contributed by atoms with Gasteiger partial charge < -0.3 is 0 Å². The van der Waals surface area contributed by atoms with E-state index in [1.807, 2.05) is 49.4 Å². The average Bonchev–Trinajstić information content (AvgIpc) is 2.93. The summed E-state index contributed by atoms with van der Waals surface area (Å²) in [6.07, 6.45) is 0. The summed E-state index contributed by atoms with van der Waals surface area (Å²) in [7, 11) is 0. The zero-order chi connectivity index (χ0) is 16.4. The van der Waals surface area contributed by atoms with E-state index >= 15 is 0 Å². The zero-order valence-electron chi connectivity index (χ0n) is 12.9.